The minimum absolute atomic E-state index is 0.349. The average molecular weight is 397 g/mol. The van der Waals surface area contributed by atoms with Gasteiger partial charge in [-0.1, -0.05) is 42.1 Å². The third kappa shape index (κ3) is 4.50. The lowest BCUT2D eigenvalue weighted by molar-refractivity contribution is 0.0962. The molecule has 0 bridgehead atoms. The molecule has 1 saturated heterocycles. The Hall–Kier alpha value is -2.05. The van der Waals surface area contributed by atoms with Gasteiger partial charge in [-0.05, 0) is 44.7 Å². The molecule has 0 saturated carbocycles. The molecule has 2 aromatic rings. The van der Waals surface area contributed by atoms with E-state index in [9.17, 15) is 0 Å². The summed E-state index contributed by atoms with van der Waals surface area (Å²) in [5.41, 5.74) is 9.35. The molecule has 0 radical (unpaired) electrons. The first-order valence-electron chi connectivity index (χ1n) is 10.0. The fourth-order valence-corrected chi connectivity index (χ4v) is 4.62. The van der Waals surface area contributed by atoms with Gasteiger partial charge in [0.1, 0.15) is 0 Å². The Morgan fingerprint density at radius 2 is 2.14 bits per heavy atom. The van der Waals surface area contributed by atoms with E-state index in [1.54, 1.807) is 11.8 Å². The molecular formula is C22H28N4OS. The van der Waals surface area contributed by atoms with Crippen LogP contribution < -0.4 is 5.43 Å². The van der Waals surface area contributed by atoms with E-state index in [0.29, 0.717) is 6.10 Å². The second-order valence-electron chi connectivity index (χ2n) is 7.41. The van der Waals surface area contributed by atoms with Crippen molar-refractivity contribution in [3.8, 4) is 0 Å². The van der Waals surface area contributed by atoms with Crippen molar-refractivity contribution < 1.29 is 4.74 Å². The molecule has 148 valence electrons. The SMILES string of the molecule is Cc1cc(C2=NNC(=NCCc3ccccc3)SC2)c(C)n1C[C@@H]1CCCO1. The molecule has 6 heteroatoms. The first-order chi connectivity index (χ1) is 13.7. The maximum atomic E-state index is 5.82. The van der Waals surface area contributed by atoms with Gasteiger partial charge in [-0.25, -0.2) is 0 Å². The molecule has 1 atom stereocenters. The highest BCUT2D eigenvalue weighted by Gasteiger charge is 2.22. The maximum Gasteiger partial charge on any atom is 0.177 e. The quantitative estimate of drug-likeness (QED) is 0.805. The highest BCUT2D eigenvalue weighted by Crippen LogP contribution is 2.23. The van der Waals surface area contributed by atoms with Crippen molar-refractivity contribution >= 4 is 22.6 Å². The van der Waals surface area contributed by atoms with E-state index in [0.717, 1.165) is 49.2 Å². The van der Waals surface area contributed by atoms with Gasteiger partial charge in [0.25, 0.3) is 0 Å². The van der Waals surface area contributed by atoms with Gasteiger partial charge in [-0.15, -0.1) is 0 Å². The normalized spacial score (nSPS) is 21.0. The van der Waals surface area contributed by atoms with Crippen LogP contribution in [0.5, 0.6) is 0 Å². The van der Waals surface area contributed by atoms with Gasteiger partial charge in [0, 0.05) is 42.4 Å². The molecular weight excluding hydrogens is 368 g/mol. The van der Waals surface area contributed by atoms with E-state index < -0.39 is 0 Å². The second-order valence-corrected chi connectivity index (χ2v) is 8.38. The maximum absolute atomic E-state index is 5.82. The van der Waals surface area contributed by atoms with Crippen LogP contribution in [0.3, 0.4) is 0 Å². The molecule has 0 unspecified atom stereocenters. The number of aliphatic imine (C=N–C) groups is 1. The van der Waals surface area contributed by atoms with Crippen LogP contribution in [0.2, 0.25) is 0 Å². The van der Waals surface area contributed by atoms with Gasteiger partial charge in [0.15, 0.2) is 5.17 Å². The van der Waals surface area contributed by atoms with E-state index in [1.807, 2.05) is 6.07 Å². The zero-order valence-corrected chi connectivity index (χ0v) is 17.5. The number of nitrogens with zero attached hydrogens (tertiary/aromatic N) is 3. The van der Waals surface area contributed by atoms with Gasteiger partial charge in [-0.2, -0.15) is 5.10 Å². The summed E-state index contributed by atoms with van der Waals surface area (Å²) in [6.45, 7) is 6.98. The van der Waals surface area contributed by atoms with Crippen LogP contribution in [-0.4, -0.2) is 40.5 Å². The van der Waals surface area contributed by atoms with Crippen LogP contribution in [0, 0.1) is 13.8 Å². The van der Waals surface area contributed by atoms with Crippen LogP contribution >= 0.6 is 11.8 Å². The molecule has 1 aromatic heterocycles. The molecule has 0 amide bonds. The van der Waals surface area contributed by atoms with E-state index in [1.165, 1.54) is 28.9 Å². The Bertz CT molecular complexity index is 866. The minimum Gasteiger partial charge on any atom is -0.376 e. The summed E-state index contributed by atoms with van der Waals surface area (Å²) in [6, 6.07) is 12.7. The molecule has 4 rings (SSSR count). The Labute approximate surface area is 171 Å². The number of thioether (sulfide) groups is 1. The van der Waals surface area contributed by atoms with Crippen LogP contribution in [0.15, 0.2) is 46.5 Å². The third-order valence-corrected chi connectivity index (χ3v) is 6.34. The van der Waals surface area contributed by atoms with Gasteiger partial charge in [0.05, 0.1) is 11.8 Å². The summed E-state index contributed by atoms with van der Waals surface area (Å²) in [6.07, 6.45) is 3.64. The van der Waals surface area contributed by atoms with Crippen molar-refractivity contribution in [3.05, 3.63) is 58.9 Å². The lowest BCUT2D eigenvalue weighted by Crippen LogP contribution is -2.26. The zero-order valence-electron chi connectivity index (χ0n) is 16.6. The number of ether oxygens (including phenoxy) is 1. The number of rotatable bonds is 6. The molecule has 5 nitrogen and oxygen atoms in total. The first kappa shape index (κ1) is 19.3. The molecule has 1 fully saturated rings. The number of hydrazone groups is 1. The number of hydrogen-bond acceptors (Lipinski definition) is 4. The van der Waals surface area contributed by atoms with Crippen LogP contribution in [-0.2, 0) is 17.7 Å². The van der Waals surface area contributed by atoms with Crippen molar-refractivity contribution in [2.24, 2.45) is 10.1 Å². The number of nitrogens with one attached hydrogen (secondary N) is 1. The number of aryl methyl sites for hydroxylation is 1. The Kier molecular flexibility index (Phi) is 6.17. The average Bonchev–Trinajstić information content (AvgIpc) is 3.33. The third-order valence-electron chi connectivity index (χ3n) is 5.43. The smallest absolute Gasteiger partial charge is 0.177 e. The highest BCUT2D eigenvalue weighted by molar-refractivity contribution is 8.14. The van der Waals surface area contributed by atoms with E-state index >= 15 is 0 Å². The summed E-state index contributed by atoms with van der Waals surface area (Å²) >= 11 is 1.73. The zero-order chi connectivity index (χ0) is 19.3. The molecule has 28 heavy (non-hydrogen) atoms. The van der Waals surface area contributed by atoms with Crippen LogP contribution in [0.4, 0.5) is 0 Å². The molecule has 1 aromatic carbocycles. The second kappa shape index (κ2) is 8.97. The molecule has 2 aliphatic rings. The number of hydrogen-bond donors (Lipinski definition) is 1. The van der Waals surface area contributed by atoms with Gasteiger partial charge >= 0.3 is 0 Å². The summed E-state index contributed by atoms with van der Waals surface area (Å²) in [5, 5.41) is 5.53. The lowest BCUT2D eigenvalue weighted by Gasteiger charge is -2.17. The molecule has 1 N–H and O–H groups in total. The van der Waals surface area contributed by atoms with Crippen molar-refractivity contribution in [1.82, 2.24) is 9.99 Å². The largest absolute Gasteiger partial charge is 0.376 e. The first-order valence-corrected chi connectivity index (χ1v) is 11.0. The Balaban J connectivity index is 1.38. The predicted molar refractivity (Wildman–Crippen MR) is 117 cm³/mol. The van der Waals surface area contributed by atoms with Crippen molar-refractivity contribution in [3.63, 3.8) is 0 Å². The van der Waals surface area contributed by atoms with Crippen molar-refractivity contribution in [1.29, 1.82) is 0 Å². The summed E-state index contributed by atoms with van der Waals surface area (Å²) in [7, 11) is 0. The number of benzene rings is 1. The lowest BCUT2D eigenvalue weighted by atomic mass is 10.1. The van der Waals surface area contributed by atoms with Crippen LogP contribution in [0.1, 0.15) is 35.4 Å². The van der Waals surface area contributed by atoms with E-state index in [4.69, 9.17) is 4.74 Å². The summed E-state index contributed by atoms with van der Waals surface area (Å²) < 4.78 is 8.20. The summed E-state index contributed by atoms with van der Waals surface area (Å²) in [5.74, 6) is 0.849. The number of amidine groups is 1. The van der Waals surface area contributed by atoms with Gasteiger partial charge in [0.2, 0.25) is 0 Å². The van der Waals surface area contributed by atoms with Gasteiger partial charge in [-0.3, -0.25) is 10.4 Å². The summed E-state index contributed by atoms with van der Waals surface area (Å²) in [4.78, 5) is 4.66. The minimum atomic E-state index is 0.349. The molecule has 0 spiro atoms. The van der Waals surface area contributed by atoms with Crippen molar-refractivity contribution in [2.75, 3.05) is 18.9 Å². The fraction of sp³-hybridized carbons (Fsp3) is 0.455. The Morgan fingerprint density at radius 1 is 1.29 bits per heavy atom. The van der Waals surface area contributed by atoms with Crippen LogP contribution in [0.25, 0.3) is 0 Å². The van der Waals surface area contributed by atoms with Gasteiger partial charge < -0.3 is 9.30 Å². The standard InChI is InChI=1S/C22H28N4OS/c1-16-13-20(17(2)26(16)14-19-9-6-12-27-19)21-15-28-22(25-24-21)23-11-10-18-7-4-3-5-8-18/h3-5,7-8,13,19H,6,9-12,14-15H2,1-2H3,(H,23,25)/t19-/m0/s1. The van der Waals surface area contributed by atoms with Crippen molar-refractivity contribution in [2.45, 2.75) is 45.8 Å². The molecule has 2 aliphatic heterocycles. The Morgan fingerprint density at radius 3 is 2.86 bits per heavy atom. The predicted octanol–water partition coefficient (Wildman–Crippen LogP) is 3.92. The fourth-order valence-electron chi connectivity index (χ4n) is 3.83. The van der Waals surface area contributed by atoms with E-state index in [2.05, 4.69) is 64.3 Å². The molecule has 0 aliphatic carbocycles. The monoisotopic (exact) mass is 396 g/mol. The molecule has 3 heterocycles. The van der Waals surface area contributed by atoms with E-state index in [-0.39, 0.29) is 0 Å². The topological polar surface area (TPSA) is 50.9 Å². The number of aromatic nitrogens is 1. The highest BCUT2D eigenvalue weighted by atomic mass is 32.2.